The topological polar surface area (TPSA) is 38.3 Å². The Morgan fingerprint density at radius 1 is 1.04 bits per heavy atom. The van der Waals surface area contributed by atoms with Gasteiger partial charge in [0, 0.05) is 11.4 Å². The Hall–Kier alpha value is -2.46. The minimum Gasteiger partial charge on any atom is -0.497 e. The second-order valence-electron chi connectivity index (χ2n) is 5.83. The molecule has 25 heavy (non-hydrogen) atoms. The summed E-state index contributed by atoms with van der Waals surface area (Å²) in [7, 11) is 1.64. The number of fused-ring (bicyclic) bond motifs is 1. The maximum absolute atomic E-state index is 12.4. The highest BCUT2D eigenvalue weighted by Gasteiger charge is 2.14. The minimum absolute atomic E-state index is 0.0361. The van der Waals surface area contributed by atoms with Crippen molar-refractivity contribution in [2.75, 3.05) is 7.11 Å². The van der Waals surface area contributed by atoms with Crippen LogP contribution in [0, 0.1) is 0 Å². The lowest BCUT2D eigenvalue weighted by atomic mass is 10.1. The van der Waals surface area contributed by atoms with Gasteiger partial charge in [0.1, 0.15) is 5.75 Å². The standard InChI is InChI=1S/C21H21NO2S/c1-15(21(23)22-14-16-7-10-19(24-2)11-8-16)25-20-12-9-17-5-3-4-6-18(17)13-20/h3-13,15H,14H2,1-2H3,(H,22,23)/t15-/m1/s1. The third-order valence-corrected chi connectivity index (χ3v) is 5.12. The van der Waals surface area contributed by atoms with E-state index < -0.39 is 0 Å². The van der Waals surface area contributed by atoms with Crippen molar-refractivity contribution in [1.29, 1.82) is 0 Å². The number of benzene rings is 3. The average Bonchev–Trinajstić information content (AvgIpc) is 2.66. The fourth-order valence-electron chi connectivity index (χ4n) is 2.57. The Kier molecular flexibility index (Phi) is 5.61. The van der Waals surface area contributed by atoms with Gasteiger partial charge in [0.05, 0.1) is 12.4 Å². The number of carbonyl (C=O) groups is 1. The van der Waals surface area contributed by atoms with Crippen LogP contribution >= 0.6 is 11.8 Å². The van der Waals surface area contributed by atoms with Gasteiger partial charge in [-0.15, -0.1) is 11.8 Å². The lowest BCUT2D eigenvalue weighted by Gasteiger charge is -2.13. The number of hydrogen-bond acceptors (Lipinski definition) is 3. The summed E-state index contributed by atoms with van der Waals surface area (Å²) in [6.45, 7) is 2.45. The number of methoxy groups -OCH3 is 1. The molecule has 0 saturated heterocycles. The Labute approximate surface area is 152 Å². The molecule has 0 radical (unpaired) electrons. The average molecular weight is 351 g/mol. The van der Waals surface area contributed by atoms with Gasteiger partial charge in [-0.3, -0.25) is 4.79 Å². The molecule has 1 atom stereocenters. The predicted octanol–water partition coefficient (Wildman–Crippen LogP) is 4.65. The number of thioether (sulfide) groups is 1. The molecule has 0 saturated carbocycles. The van der Waals surface area contributed by atoms with Gasteiger partial charge in [0.2, 0.25) is 5.91 Å². The van der Waals surface area contributed by atoms with Gasteiger partial charge in [-0.25, -0.2) is 0 Å². The molecule has 3 aromatic carbocycles. The van der Waals surface area contributed by atoms with Crippen molar-refractivity contribution in [3.05, 3.63) is 72.3 Å². The van der Waals surface area contributed by atoms with Crippen molar-refractivity contribution in [1.82, 2.24) is 5.32 Å². The number of hydrogen-bond donors (Lipinski definition) is 1. The van der Waals surface area contributed by atoms with Crippen LogP contribution < -0.4 is 10.1 Å². The molecular weight excluding hydrogens is 330 g/mol. The first kappa shape index (κ1) is 17.4. The summed E-state index contributed by atoms with van der Waals surface area (Å²) < 4.78 is 5.14. The summed E-state index contributed by atoms with van der Waals surface area (Å²) >= 11 is 1.58. The van der Waals surface area contributed by atoms with E-state index in [2.05, 4.69) is 35.6 Å². The van der Waals surface area contributed by atoms with Crippen molar-refractivity contribution < 1.29 is 9.53 Å². The van der Waals surface area contributed by atoms with E-state index in [-0.39, 0.29) is 11.2 Å². The minimum atomic E-state index is -0.153. The summed E-state index contributed by atoms with van der Waals surface area (Å²) in [5.74, 6) is 0.851. The molecule has 3 aromatic rings. The molecule has 1 amide bonds. The predicted molar refractivity (Wildman–Crippen MR) is 104 cm³/mol. The molecule has 4 heteroatoms. The monoisotopic (exact) mass is 351 g/mol. The summed E-state index contributed by atoms with van der Waals surface area (Å²) in [5, 5.41) is 5.24. The van der Waals surface area contributed by atoms with Gasteiger partial charge in [-0.1, -0.05) is 42.5 Å². The summed E-state index contributed by atoms with van der Waals surface area (Å²) in [5.41, 5.74) is 1.05. The van der Waals surface area contributed by atoms with E-state index in [1.165, 1.54) is 10.8 Å². The Balaban J connectivity index is 1.57. The zero-order valence-electron chi connectivity index (χ0n) is 14.4. The van der Waals surface area contributed by atoms with E-state index >= 15 is 0 Å². The zero-order valence-corrected chi connectivity index (χ0v) is 15.2. The van der Waals surface area contributed by atoms with E-state index in [0.717, 1.165) is 16.2 Å². The summed E-state index contributed by atoms with van der Waals surface area (Å²) in [4.78, 5) is 13.5. The van der Waals surface area contributed by atoms with Crippen molar-refractivity contribution in [3.63, 3.8) is 0 Å². The molecule has 0 heterocycles. The van der Waals surface area contributed by atoms with Crippen molar-refractivity contribution in [2.24, 2.45) is 0 Å². The molecule has 1 N–H and O–H groups in total. The Bertz CT molecular complexity index is 861. The first-order valence-electron chi connectivity index (χ1n) is 8.22. The number of amides is 1. The van der Waals surface area contributed by atoms with Crippen LogP contribution in [0.25, 0.3) is 10.8 Å². The van der Waals surface area contributed by atoms with Crippen LogP contribution in [-0.2, 0) is 11.3 Å². The Morgan fingerprint density at radius 2 is 1.76 bits per heavy atom. The van der Waals surface area contributed by atoms with Crippen LogP contribution in [0.1, 0.15) is 12.5 Å². The molecule has 0 aliphatic rings. The van der Waals surface area contributed by atoms with Crippen LogP contribution in [0.2, 0.25) is 0 Å². The quantitative estimate of drug-likeness (QED) is 0.657. The molecule has 0 aliphatic carbocycles. The number of nitrogens with one attached hydrogen (secondary N) is 1. The highest BCUT2D eigenvalue weighted by molar-refractivity contribution is 8.00. The largest absolute Gasteiger partial charge is 0.497 e. The van der Waals surface area contributed by atoms with Gasteiger partial charge >= 0.3 is 0 Å². The van der Waals surface area contributed by atoms with Crippen molar-refractivity contribution in [2.45, 2.75) is 23.6 Å². The third-order valence-electron chi connectivity index (χ3n) is 4.03. The number of rotatable bonds is 6. The molecule has 0 aromatic heterocycles. The van der Waals surface area contributed by atoms with E-state index in [9.17, 15) is 4.79 Å². The fourth-order valence-corrected chi connectivity index (χ4v) is 3.51. The molecule has 3 nitrogen and oxygen atoms in total. The molecule has 128 valence electrons. The molecule has 0 spiro atoms. The van der Waals surface area contributed by atoms with Gasteiger partial charge in [0.25, 0.3) is 0 Å². The molecule has 0 unspecified atom stereocenters. The van der Waals surface area contributed by atoms with E-state index in [1.807, 2.05) is 43.3 Å². The molecule has 0 bridgehead atoms. The van der Waals surface area contributed by atoms with Crippen LogP contribution in [0.15, 0.2) is 71.6 Å². The molecule has 0 aliphatic heterocycles. The normalized spacial score (nSPS) is 11.9. The number of carbonyl (C=O) groups excluding carboxylic acids is 1. The lowest BCUT2D eigenvalue weighted by Crippen LogP contribution is -2.30. The van der Waals surface area contributed by atoms with Crippen LogP contribution in [-0.4, -0.2) is 18.3 Å². The molecule has 3 rings (SSSR count). The van der Waals surface area contributed by atoms with Crippen molar-refractivity contribution >= 4 is 28.4 Å². The van der Waals surface area contributed by atoms with Gasteiger partial charge in [-0.2, -0.15) is 0 Å². The van der Waals surface area contributed by atoms with E-state index in [1.54, 1.807) is 18.9 Å². The van der Waals surface area contributed by atoms with Gasteiger partial charge in [-0.05, 0) is 47.5 Å². The SMILES string of the molecule is COc1ccc(CNC(=O)[C@@H](C)Sc2ccc3ccccc3c2)cc1. The van der Waals surface area contributed by atoms with E-state index in [0.29, 0.717) is 6.54 Å². The summed E-state index contributed by atoms with van der Waals surface area (Å²) in [6.07, 6.45) is 0. The summed E-state index contributed by atoms with van der Waals surface area (Å²) in [6, 6.07) is 22.3. The second kappa shape index (κ2) is 8.08. The zero-order chi connectivity index (χ0) is 17.6. The lowest BCUT2D eigenvalue weighted by molar-refractivity contribution is -0.120. The number of ether oxygens (including phenoxy) is 1. The van der Waals surface area contributed by atoms with Crippen molar-refractivity contribution in [3.8, 4) is 5.75 Å². The third kappa shape index (κ3) is 4.54. The first-order valence-corrected chi connectivity index (χ1v) is 9.10. The highest BCUT2D eigenvalue weighted by atomic mass is 32.2. The maximum Gasteiger partial charge on any atom is 0.233 e. The first-order chi connectivity index (χ1) is 12.2. The van der Waals surface area contributed by atoms with Gasteiger partial charge < -0.3 is 10.1 Å². The van der Waals surface area contributed by atoms with Crippen LogP contribution in [0.5, 0.6) is 5.75 Å². The van der Waals surface area contributed by atoms with E-state index in [4.69, 9.17) is 4.74 Å². The van der Waals surface area contributed by atoms with Crippen LogP contribution in [0.4, 0.5) is 0 Å². The van der Waals surface area contributed by atoms with Gasteiger partial charge in [0.15, 0.2) is 0 Å². The van der Waals surface area contributed by atoms with Crippen LogP contribution in [0.3, 0.4) is 0 Å². The highest BCUT2D eigenvalue weighted by Crippen LogP contribution is 2.27. The second-order valence-corrected chi connectivity index (χ2v) is 7.25. The fraction of sp³-hybridized carbons (Fsp3) is 0.190. The molecule has 0 fully saturated rings. The Morgan fingerprint density at radius 3 is 2.48 bits per heavy atom. The smallest absolute Gasteiger partial charge is 0.233 e. The maximum atomic E-state index is 12.4. The molecular formula is C21H21NO2S.